The van der Waals surface area contributed by atoms with Crippen molar-refractivity contribution in [2.45, 2.75) is 103 Å². The van der Waals surface area contributed by atoms with E-state index in [1.165, 1.54) is 71.1 Å². The monoisotopic (exact) mass is 555 g/mol. The first kappa shape index (κ1) is 28.7. The molecule has 0 heterocycles. The van der Waals surface area contributed by atoms with Crippen molar-refractivity contribution >= 4 is 34.5 Å². The lowest BCUT2D eigenvalue weighted by molar-refractivity contribution is -0.120. The molecule has 0 saturated carbocycles. The number of benzene rings is 1. The molecule has 0 aliphatic rings. The molecule has 0 aromatic heterocycles. The molecule has 1 aromatic carbocycles. The van der Waals surface area contributed by atoms with Crippen LogP contribution in [0.5, 0.6) is 0 Å². The summed E-state index contributed by atoms with van der Waals surface area (Å²) in [4.78, 5) is 24.1. The van der Waals surface area contributed by atoms with Crippen LogP contribution in [0.3, 0.4) is 0 Å². The molecule has 0 fully saturated rings. The van der Waals surface area contributed by atoms with Crippen molar-refractivity contribution in [3.05, 3.63) is 48.0 Å². The van der Waals surface area contributed by atoms with Gasteiger partial charge in [-0.15, -0.1) is 0 Å². The Morgan fingerprint density at radius 1 is 0.938 bits per heavy atom. The fraction of sp³-hybridized carbons (Fsp3) is 0.630. The number of halogens is 1. The molecular weight excluding hydrogens is 513 g/mol. The number of unbranched alkanes of at least 4 members (excludes halogenated alkanes) is 11. The molecule has 2 atom stereocenters. The Balaban J connectivity index is 2.37. The molecule has 32 heavy (non-hydrogen) atoms. The van der Waals surface area contributed by atoms with E-state index in [0.29, 0.717) is 9.99 Å². The zero-order valence-electron chi connectivity index (χ0n) is 20.0. The van der Waals surface area contributed by atoms with E-state index in [9.17, 15) is 9.59 Å². The van der Waals surface area contributed by atoms with Crippen LogP contribution in [0.25, 0.3) is 0 Å². The highest BCUT2D eigenvalue weighted by atomic mass is 127. The summed E-state index contributed by atoms with van der Waals surface area (Å²) in [5, 5.41) is 2.91. The average molecular weight is 556 g/mol. The van der Waals surface area contributed by atoms with Gasteiger partial charge in [0.1, 0.15) is 6.10 Å². The first-order valence-corrected chi connectivity index (χ1v) is 13.9. The fourth-order valence-corrected chi connectivity index (χ4v) is 4.37. The molecule has 0 saturated heterocycles. The molecule has 1 aromatic rings. The van der Waals surface area contributed by atoms with Crippen molar-refractivity contribution in [2.75, 3.05) is 4.43 Å². The number of carbonyl (C=O) groups is 2. The molecule has 0 spiro atoms. The lowest BCUT2D eigenvalue weighted by Crippen LogP contribution is -2.44. The third-order valence-corrected chi connectivity index (χ3v) is 6.45. The molecule has 0 aliphatic carbocycles. The second-order valence-electron chi connectivity index (χ2n) is 8.45. The predicted molar refractivity (Wildman–Crippen MR) is 142 cm³/mol. The lowest BCUT2D eigenvalue weighted by atomic mass is 10.0. The summed E-state index contributed by atoms with van der Waals surface area (Å²) >= 11 is 2.22. The number of ether oxygens (including phenoxy) is 1. The molecule has 1 amide bonds. The molecule has 0 radical (unpaired) electrons. The van der Waals surface area contributed by atoms with E-state index in [4.69, 9.17) is 4.74 Å². The largest absolute Gasteiger partial charge is 0.452 e. The van der Waals surface area contributed by atoms with E-state index in [2.05, 4.69) is 40.9 Å². The van der Waals surface area contributed by atoms with Crippen LogP contribution >= 0.6 is 22.6 Å². The smallest absolute Gasteiger partial charge is 0.338 e. The number of allylic oxidation sites excluding steroid dienone is 1. The van der Waals surface area contributed by atoms with Gasteiger partial charge in [0.2, 0.25) is 5.91 Å². The number of nitrogens with one attached hydrogen (secondary N) is 1. The van der Waals surface area contributed by atoms with E-state index in [-0.39, 0.29) is 17.9 Å². The van der Waals surface area contributed by atoms with E-state index in [0.717, 1.165) is 12.8 Å². The van der Waals surface area contributed by atoms with Crippen LogP contribution in [0.1, 0.15) is 101 Å². The van der Waals surface area contributed by atoms with Gasteiger partial charge in [0.05, 0.1) is 11.6 Å². The first-order valence-electron chi connectivity index (χ1n) is 12.3. The fourth-order valence-electron chi connectivity index (χ4n) is 3.65. The minimum absolute atomic E-state index is 0.119. The lowest BCUT2D eigenvalue weighted by Gasteiger charge is -2.24. The van der Waals surface area contributed by atoms with Gasteiger partial charge in [-0.25, -0.2) is 4.79 Å². The van der Waals surface area contributed by atoms with Crippen LogP contribution in [0.2, 0.25) is 0 Å². The minimum atomic E-state index is -0.476. The average Bonchev–Trinajstić information content (AvgIpc) is 2.80. The Morgan fingerprint density at radius 2 is 1.50 bits per heavy atom. The molecule has 5 heteroatoms. The van der Waals surface area contributed by atoms with Crippen molar-refractivity contribution in [3.63, 3.8) is 0 Å². The number of hydrogen-bond acceptors (Lipinski definition) is 3. The predicted octanol–water partition coefficient (Wildman–Crippen LogP) is 7.41. The topological polar surface area (TPSA) is 55.4 Å². The zero-order valence-corrected chi connectivity index (χ0v) is 22.1. The molecule has 1 rings (SSSR count). The number of amides is 1. The Labute approximate surface area is 209 Å². The maximum absolute atomic E-state index is 12.5. The van der Waals surface area contributed by atoms with Crippen molar-refractivity contribution in [1.29, 1.82) is 0 Å². The Hall–Kier alpha value is -1.37. The molecular formula is C27H42INO3. The van der Waals surface area contributed by atoms with Crippen LogP contribution in [0.4, 0.5) is 0 Å². The highest BCUT2D eigenvalue weighted by molar-refractivity contribution is 14.1. The summed E-state index contributed by atoms with van der Waals surface area (Å²) in [6.45, 7) is 3.75. The van der Waals surface area contributed by atoms with Crippen molar-refractivity contribution in [1.82, 2.24) is 5.32 Å². The molecule has 1 N–H and O–H groups in total. The molecule has 180 valence electrons. The van der Waals surface area contributed by atoms with Gasteiger partial charge in [0.25, 0.3) is 0 Å². The summed E-state index contributed by atoms with van der Waals surface area (Å²) in [6.07, 6.45) is 19.1. The molecule has 0 bridgehead atoms. The second-order valence-corrected chi connectivity index (χ2v) is 9.33. The Morgan fingerprint density at radius 3 is 2.03 bits per heavy atom. The van der Waals surface area contributed by atoms with E-state index < -0.39 is 6.10 Å². The summed E-state index contributed by atoms with van der Waals surface area (Å²) < 4.78 is 6.41. The zero-order chi connectivity index (χ0) is 23.4. The number of hydrogen-bond donors (Lipinski definition) is 1. The Kier molecular flexibility index (Phi) is 17.1. The SMILES string of the molecule is CCCCCCCCCCCCC/C=C/C(OC(=O)c1ccccc1)[C@H](CI)NC(C)=O. The number of esters is 1. The summed E-state index contributed by atoms with van der Waals surface area (Å²) in [5.74, 6) is -0.485. The summed E-state index contributed by atoms with van der Waals surface area (Å²) in [5.41, 5.74) is 0.520. The Bertz CT molecular complexity index is 648. The number of alkyl halides is 1. The normalized spacial score (nSPS) is 13.1. The highest BCUT2D eigenvalue weighted by Crippen LogP contribution is 2.14. The standard InChI is InChI=1S/C27H42INO3/c1-3-4-5-6-7-8-9-10-11-12-13-14-18-21-26(25(22-28)29-23(2)30)32-27(31)24-19-16-15-17-20-24/h15-21,25-26H,3-14,22H2,1-2H3,(H,29,30)/b21-18+/t25-,26?/m0/s1. The second kappa shape index (κ2) is 19.1. The van der Waals surface area contributed by atoms with Crippen LogP contribution in [0, 0.1) is 0 Å². The van der Waals surface area contributed by atoms with Crippen molar-refractivity contribution in [2.24, 2.45) is 0 Å². The number of rotatable bonds is 18. The van der Waals surface area contributed by atoms with Gasteiger partial charge in [0.15, 0.2) is 0 Å². The van der Waals surface area contributed by atoms with Crippen LogP contribution in [-0.4, -0.2) is 28.4 Å². The van der Waals surface area contributed by atoms with Crippen LogP contribution in [0.15, 0.2) is 42.5 Å². The van der Waals surface area contributed by atoms with Crippen molar-refractivity contribution in [3.8, 4) is 0 Å². The van der Waals surface area contributed by atoms with Gasteiger partial charge < -0.3 is 10.1 Å². The van der Waals surface area contributed by atoms with Crippen molar-refractivity contribution < 1.29 is 14.3 Å². The van der Waals surface area contributed by atoms with Crippen LogP contribution < -0.4 is 5.32 Å². The van der Waals surface area contributed by atoms with E-state index in [1.807, 2.05) is 24.3 Å². The maximum atomic E-state index is 12.5. The van der Waals surface area contributed by atoms with E-state index in [1.54, 1.807) is 12.1 Å². The minimum Gasteiger partial charge on any atom is -0.452 e. The van der Waals surface area contributed by atoms with Gasteiger partial charge >= 0.3 is 5.97 Å². The van der Waals surface area contributed by atoms with Gasteiger partial charge in [-0.3, -0.25) is 4.79 Å². The van der Waals surface area contributed by atoms with Gasteiger partial charge in [-0.1, -0.05) is 118 Å². The van der Waals surface area contributed by atoms with Crippen LogP contribution in [-0.2, 0) is 9.53 Å². The maximum Gasteiger partial charge on any atom is 0.338 e. The van der Waals surface area contributed by atoms with Gasteiger partial charge in [-0.2, -0.15) is 0 Å². The van der Waals surface area contributed by atoms with Gasteiger partial charge in [0, 0.05) is 11.4 Å². The van der Waals surface area contributed by atoms with Gasteiger partial charge in [-0.05, 0) is 31.1 Å². The molecule has 4 nitrogen and oxygen atoms in total. The summed E-state index contributed by atoms with van der Waals surface area (Å²) in [7, 11) is 0. The highest BCUT2D eigenvalue weighted by Gasteiger charge is 2.23. The van der Waals surface area contributed by atoms with E-state index >= 15 is 0 Å². The molecule has 0 aliphatic heterocycles. The third-order valence-electron chi connectivity index (χ3n) is 5.50. The summed E-state index contributed by atoms with van der Waals surface area (Å²) in [6, 6.07) is 8.74. The molecule has 1 unspecified atom stereocenters. The number of carbonyl (C=O) groups excluding carboxylic acids is 2. The third kappa shape index (κ3) is 13.9. The quantitative estimate of drug-likeness (QED) is 0.0675. The first-order chi connectivity index (χ1) is 15.6.